The number of benzene rings is 2. The van der Waals surface area contributed by atoms with E-state index in [-0.39, 0.29) is 23.4 Å². The van der Waals surface area contributed by atoms with Gasteiger partial charge in [0.1, 0.15) is 0 Å². The van der Waals surface area contributed by atoms with Crippen molar-refractivity contribution in [2.45, 2.75) is 77.3 Å². The van der Waals surface area contributed by atoms with Crippen LogP contribution in [0.15, 0.2) is 66.3 Å². The SMILES string of the molecule is C=CN=C1CC(CCC(=O)N(C(C)CC)C(C)CC)(c2ccc(Cl)cc2)c2ccccc21. The van der Waals surface area contributed by atoms with E-state index in [4.69, 9.17) is 11.6 Å². The van der Waals surface area contributed by atoms with Crippen LogP contribution in [-0.2, 0) is 10.2 Å². The molecule has 3 rings (SSSR count). The monoisotopic (exact) mass is 450 g/mol. The molecule has 170 valence electrons. The third-order valence-corrected chi connectivity index (χ3v) is 7.30. The summed E-state index contributed by atoms with van der Waals surface area (Å²) in [7, 11) is 0. The van der Waals surface area contributed by atoms with E-state index >= 15 is 0 Å². The second kappa shape index (κ2) is 10.5. The van der Waals surface area contributed by atoms with E-state index in [1.165, 1.54) is 11.1 Å². The first-order valence-electron chi connectivity index (χ1n) is 11.7. The van der Waals surface area contributed by atoms with Crippen LogP contribution in [0.3, 0.4) is 0 Å². The van der Waals surface area contributed by atoms with E-state index in [0.717, 1.165) is 37.0 Å². The van der Waals surface area contributed by atoms with Crippen LogP contribution < -0.4 is 0 Å². The molecule has 3 nitrogen and oxygen atoms in total. The van der Waals surface area contributed by atoms with Crippen molar-refractivity contribution in [3.63, 3.8) is 0 Å². The third kappa shape index (κ3) is 4.68. The molecule has 1 amide bonds. The summed E-state index contributed by atoms with van der Waals surface area (Å²) in [5, 5.41) is 0.714. The fourth-order valence-corrected chi connectivity index (χ4v) is 5.14. The number of nitrogens with zero attached hydrogens (tertiary/aromatic N) is 2. The van der Waals surface area contributed by atoms with Gasteiger partial charge in [-0.05, 0) is 56.4 Å². The number of carbonyl (C=O) groups is 1. The molecule has 0 aliphatic heterocycles. The Bertz CT molecular complexity index is 971. The number of hydrogen-bond acceptors (Lipinski definition) is 2. The van der Waals surface area contributed by atoms with Crippen molar-refractivity contribution >= 4 is 23.2 Å². The van der Waals surface area contributed by atoms with Crippen LogP contribution >= 0.6 is 11.6 Å². The Balaban J connectivity index is 2.03. The topological polar surface area (TPSA) is 32.7 Å². The highest BCUT2D eigenvalue weighted by atomic mass is 35.5. The number of fused-ring (bicyclic) bond motifs is 1. The van der Waals surface area contributed by atoms with E-state index in [0.29, 0.717) is 11.4 Å². The number of aliphatic imine (C=N–C) groups is 1. The van der Waals surface area contributed by atoms with Crippen LogP contribution in [-0.4, -0.2) is 28.6 Å². The van der Waals surface area contributed by atoms with Gasteiger partial charge in [-0.15, -0.1) is 0 Å². The normalized spacial score (nSPS) is 20.6. The smallest absolute Gasteiger partial charge is 0.223 e. The van der Waals surface area contributed by atoms with Crippen LogP contribution in [0, 0.1) is 0 Å². The lowest BCUT2D eigenvalue weighted by atomic mass is 9.72. The van der Waals surface area contributed by atoms with Gasteiger partial charge >= 0.3 is 0 Å². The molecular formula is C28H35ClN2O. The first kappa shape index (κ1) is 24.3. The molecule has 0 bridgehead atoms. The summed E-state index contributed by atoms with van der Waals surface area (Å²) < 4.78 is 0. The summed E-state index contributed by atoms with van der Waals surface area (Å²) in [6.07, 6.45) is 5.49. The van der Waals surface area contributed by atoms with Crippen molar-refractivity contribution in [1.82, 2.24) is 4.90 Å². The molecule has 0 N–H and O–H groups in total. The molecule has 2 aromatic carbocycles. The first-order valence-corrected chi connectivity index (χ1v) is 12.1. The van der Waals surface area contributed by atoms with E-state index in [1.54, 1.807) is 6.20 Å². The van der Waals surface area contributed by atoms with Gasteiger partial charge in [0.2, 0.25) is 5.91 Å². The van der Waals surface area contributed by atoms with Gasteiger partial charge in [0.15, 0.2) is 0 Å². The summed E-state index contributed by atoms with van der Waals surface area (Å²) in [4.78, 5) is 20.2. The first-order chi connectivity index (χ1) is 15.4. The zero-order valence-corrected chi connectivity index (χ0v) is 20.5. The summed E-state index contributed by atoms with van der Waals surface area (Å²) >= 11 is 6.22. The Morgan fingerprint density at radius 1 is 1.12 bits per heavy atom. The third-order valence-electron chi connectivity index (χ3n) is 7.05. The second-order valence-electron chi connectivity index (χ2n) is 8.89. The molecule has 0 fully saturated rings. The van der Waals surface area contributed by atoms with Crippen molar-refractivity contribution in [2.75, 3.05) is 0 Å². The maximum Gasteiger partial charge on any atom is 0.223 e. The summed E-state index contributed by atoms with van der Waals surface area (Å²) in [5.74, 6) is 0.230. The minimum atomic E-state index is -0.310. The average molecular weight is 451 g/mol. The van der Waals surface area contributed by atoms with Crippen molar-refractivity contribution in [3.8, 4) is 0 Å². The lowest BCUT2D eigenvalue weighted by Gasteiger charge is -2.36. The van der Waals surface area contributed by atoms with Crippen molar-refractivity contribution < 1.29 is 4.79 Å². The zero-order valence-electron chi connectivity index (χ0n) is 19.8. The van der Waals surface area contributed by atoms with Gasteiger partial charge in [0.25, 0.3) is 0 Å². The van der Waals surface area contributed by atoms with Gasteiger partial charge < -0.3 is 4.90 Å². The highest BCUT2D eigenvalue weighted by Crippen LogP contribution is 2.48. The molecule has 3 atom stereocenters. The summed E-state index contributed by atoms with van der Waals surface area (Å²) in [6, 6.07) is 17.0. The molecule has 0 spiro atoms. The molecule has 1 aliphatic rings. The summed E-state index contributed by atoms with van der Waals surface area (Å²) in [6.45, 7) is 12.4. The van der Waals surface area contributed by atoms with Crippen LogP contribution in [0.5, 0.6) is 0 Å². The fourth-order valence-electron chi connectivity index (χ4n) is 5.02. The van der Waals surface area contributed by atoms with Gasteiger partial charge in [-0.1, -0.05) is 68.4 Å². The van der Waals surface area contributed by atoms with Crippen molar-refractivity contribution in [2.24, 2.45) is 4.99 Å². The molecule has 0 saturated carbocycles. The largest absolute Gasteiger partial charge is 0.337 e. The highest BCUT2D eigenvalue weighted by molar-refractivity contribution is 6.30. The number of rotatable bonds is 9. The van der Waals surface area contributed by atoms with Gasteiger partial charge in [-0.3, -0.25) is 9.79 Å². The van der Waals surface area contributed by atoms with Crippen LogP contribution in [0.25, 0.3) is 0 Å². The van der Waals surface area contributed by atoms with Crippen LogP contribution in [0.1, 0.15) is 76.5 Å². The van der Waals surface area contributed by atoms with Crippen LogP contribution in [0.4, 0.5) is 0 Å². The van der Waals surface area contributed by atoms with Gasteiger partial charge in [-0.2, -0.15) is 0 Å². The number of halogens is 1. The van der Waals surface area contributed by atoms with E-state index in [2.05, 4.69) is 74.5 Å². The van der Waals surface area contributed by atoms with Gasteiger partial charge in [0.05, 0.1) is 0 Å². The number of hydrogen-bond donors (Lipinski definition) is 0. The van der Waals surface area contributed by atoms with Gasteiger partial charge in [0, 0.05) is 52.8 Å². The maximum atomic E-state index is 13.5. The van der Waals surface area contributed by atoms with Gasteiger partial charge in [-0.25, -0.2) is 0 Å². The zero-order chi connectivity index (χ0) is 23.3. The van der Waals surface area contributed by atoms with E-state index in [1.807, 2.05) is 18.2 Å². The summed E-state index contributed by atoms with van der Waals surface area (Å²) in [5.41, 5.74) is 4.27. The maximum absolute atomic E-state index is 13.5. The predicted octanol–water partition coefficient (Wildman–Crippen LogP) is 7.17. The molecule has 3 unspecified atom stereocenters. The molecule has 0 heterocycles. The average Bonchev–Trinajstić information content (AvgIpc) is 3.13. The fraction of sp³-hybridized carbons (Fsp3) is 0.429. The van der Waals surface area contributed by atoms with E-state index < -0.39 is 0 Å². The molecule has 0 aromatic heterocycles. The van der Waals surface area contributed by atoms with Crippen LogP contribution in [0.2, 0.25) is 5.02 Å². The number of amides is 1. The lowest BCUT2D eigenvalue weighted by Crippen LogP contribution is -2.44. The van der Waals surface area contributed by atoms with Crippen molar-refractivity contribution in [1.29, 1.82) is 0 Å². The Morgan fingerprint density at radius 3 is 2.34 bits per heavy atom. The molecule has 0 radical (unpaired) electrons. The Hall–Kier alpha value is -2.39. The molecule has 1 aliphatic carbocycles. The van der Waals surface area contributed by atoms with Crippen molar-refractivity contribution in [3.05, 3.63) is 83.0 Å². The Labute approximate surface area is 198 Å². The Morgan fingerprint density at radius 2 is 1.75 bits per heavy atom. The highest BCUT2D eigenvalue weighted by Gasteiger charge is 2.43. The quantitative estimate of drug-likeness (QED) is 0.398. The predicted molar refractivity (Wildman–Crippen MR) is 136 cm³/mol. The minimum absolute atomic E-state index is 0.230. The molecular weight excluding hydrogens is 416 g/mol. The molecule has 0 saturated heterocycles. The Kier molecular flexibility index (Phi) is 7.95. The molecule has 4 heteroatoms. The molecule has 2 aromatic rings. The number of carbonyl (C=O) groups excluding carboxylic acids is 1. The van der Waals surface area contributed by atoms with E-state index in [9.17, 15) is 4.79 Å². The lowest BCUT2D eigenvalue weighted by molar-refractivity contribution is -0.136. The molecule has 32 heavy (non-hydrogen) atoms. The second-order valence-corrected chi connectivity index (χ2v) is 9.32. The standard InChI is InChI=1S/C28H35ClN2O/c1-6-20(4)31(21(5)7-2)27(32)17-18-28(22-13-15-23(29)16-14-22)19-26(30-8-3)24-11-9-10-12-25(24)28/h8-16,20-21H,3,6-7,17-19H2,1-2,4-5H3. The minimum Gasteiger partial charge on any atom is -0.337 e.